The highest BCUT2D eigenvalue weighted by molar-refractivity contribution is 5.22. The SMILES string of the molecule is c1ccc(C2CN(C3CC3)CC3(CCN(Cc4ccncc4)CC3)C2)cc1. The summed E-state index contributed by atoms with van der Waals surface area (Å²) in [5, 5.41) is 0. The van der Waals surface area contributed by atoms with Gasteiger partial charge in [-0.15, -0.1) is 0 Å². The minimum atomic E-state index is 0.524. The summed E-state index contributed by atoms with van der Waals surface area (Å²) in [4.78, 5) is 9.64. The molecule has 3 aliphatic rings. The highest BCUT2D eigenvalue weighted by Crippen LogP contribution is 2.47. The van der Waals surface area contributed by atoms with Gasteiger partial charge in [-0.3, -0.25) is 14.8 Å². The Morgan fingerprint density at radius 2 is 1.70 bits per heavy atom. The van der Waals surface area contributed by atoms with Crippen molar-refractivity contribution in [2.24, 2.45) is 5.41 Å². The Kier molecular flexibility index (Phi) is 4.75. The highest BCUT2D eigenvalue weighted by atomic mass is 15.2. The van der Waals surface area contributed by atoms with E-state index in [2.05, 4.69) is 57.2 Å². The smallest absolute Gasteiger partial charge is 0.0271 e. The Hall–Kier alpha value is -1.71. The predicted octanol–water partition coefficient (Wildman–Crippen LogP) is 4.32. The van der Waals surface area contributed by atoms with Gasteiger partial charge in [0, 0.05) is 38.1 Å². The maximum Gasteiger partial charge on any atom is 0.0271 e. The van der Waals surface area contributed by atoms with Crippen molar-refractivity contribution < 1.29 is 0 Å². The standard InChI is InChI=1S/C24H31N3/c1-2-4-21(5-3-1)22-16-24(19-27(18-22)23-6-7-23)10-14-26(15-11-24)17-20-8-12-25-13-9-20/h1-5,8-9,12-13,22-23H,6-7,10-11,14-19H2. The average Bonchev–Trinajstić information content (AvgIpc) is 3.57. The molecule has 0 N–H and O–H groups in total. The topological polar surface area (TPSA) is 19.4 Å². The van der Waals surface area contributed by atoms with E-state index < -0.39 is 0 Å². The molecular weight excluding hydrogens is 330 g/mol. The number of nitrogens with zero attached hydrogens (tertiary/aromatic N) is 3. The summed E-state index contributed by atoms with van der Waals surface area (Å²) in [7, 11) is 0. The maximum atomic E-state index is 4.15. The minimum Gasteiger partial charge on any atom is -0.299 e. The molecule has 3 nitrogen and oxygen atoms in total. The lowest BCUT2D eigenvalue weighted by Crippen LogP contribution is -2.52. The van der Waals surface area contributed by atoms with Crippen molar-refractivity contribution in [1.82, 2.24) is 14.8 Å². The molecule has 2 aromatic rings. The Labute approximate surface area is 163 Å². The summed E-state index contributed by atoms with van der Waals surface area (Å²) in [5.41, 5.74) is 3.48. The van der Waals surface area contributed by atoms with Gasteiger partial charge in [-0.1, -0.05) is 30.3 Å². The molecule has 1 unspecified atom stereocenters. The number of rotatable bonds is 4. The molecule has 3 fully saturated rings. The van der Waals surface area contributed by atoms with Crippen LogP contribution >= 0.6 is 0 Å². The van der Waals surface area contributed by atoms with Gasteiger partial charge in [0.05, 0.1) is 0 Å². The van der Waals surface area contributed by atoms with E-state index in [1.807, 2.05) is 12.4 Å². The fraction of sp³-hybridized carbons (Fsp3) is 0.542. The van der Waals surface area contributed by atoms with Gasteiger partial charge >= 0.3 is 0 Å². The van der Waals surface area contributed by atoms with E-state index in [-0.39, 0.29) is 0 Å². The highest BCUT2D eigenvalue weighted by Gasteiger charge is 2.45. The molecule has 3 heterocycles. The van der Waals surface area contributed by atoms with Crippen molar-refractivity contribution >= 4 is 0 Å². The molecule has 3 heteroatoms. The fourth-order valence-electron chi connectivity index (χ4n) is 5.39. The number of likely N-dealkylation sites (tertiary alicyclic amines) is 2. The normalized spacial score (nSPS) is 26.3. The van der Waals surface area contributed by atoms with Crippen LogP contribution in [0.4, 0.5) is 0 Å². The zero-order valence-corrected chi connectivity index (χ0v) is 16.3. The molecule has 5 rings (SSSR count). The molecule has 2 aliphatic heterocycles. The molecule has 1 aliphatic carbocycles. The molecule has 142 valence electrons. The van der Waals surface area contributed by atoms with Crippen LogP contribution in [0.5, 0.6) is 0 Å². The van der Waals surface area contributed by atoms with E-state index in [1.54, 1.807) is 5.56 Å². The van der Waals surface area contributed by atoms with Crippen LogP contribution in [0.3, 0.4) is 0 Å². The van der Waals surface area contributed by atoms with Gasteiger partial charge in [0.15, 0.2) is 0 Å². The van der Waals surface area contributed by atoms with Gasteiger partial charge in [-0.2, -0.15) is 0 Å². The van der Waals surface area contributed by atoms with Crippen molar-refractivity contribution in [3.8, 4) is 0 Å². The second kappa shape index (κ2) is 7.37. The Morgan fingerprint density at radius 3 is 2.41 bits per heavy atom. The molecule has 0 bridgehead atoms. The molecule has 0 amide bonds. The number of hydrogen-bond acceptors (Lipinski definition) is 3. The first-order chi connectivity index (χ1) is 13.3. The van der Waals surface area contributed by atoms with E-state index in [4.69, 9.17) is 0 Å². The number of pyridine rings is 1. The van der Waals surface area contributed by atoms with Gasteiger partial charge in [0.1, 0.15) is 0 Å². The van der Waals surface area contributed by atoms with Gasteiger partial charge in [0.25, 0.3) is 0 Å². The lowest BCUT2D eigenvalue weighted by Gasteiger charge is -2.50. The van der Waals surface area contributed by atoms with Crippen molar-refractivity contribution in [3.63, 3.8) is 0 Å². The molecule has 2 saturated heterocycles. The fourth-order valence-corrected chi connectivity index (χ4v) is 5.39. The van der Waals surface area contributed by atoms with Gasteiger partial charge in [-0.05, 0) is 79.8 Å². The summed E-state index contributed by atoms with van der Waals surface area (Å²) >= 11 is 0. The van der Waals surface area contributed by atoms with E-state index in [1.165, 1.54) is 63.8 Å². The van der Waals surface area contributed by atoms with Crippen LogP contribution in [0.15, 0.2) is 54.9 Å². The zero-order valence-electron chi connectivity index (χ0n) is 16.3. The lowest BCUT2D eigenvalue weighted by atomic mass is 9.68. The largest absolute Gasteiger partial charge is 0.299 e. The molecular formula is C24H31N3. The predicted molar refractivity (Wildman–Crippen MR) is 110 cm³/mol. The monoisotopic (exact) mass is 361 g/mol. The molecule has 1 spiro atoms. The van der Waals surface area contributed by atoms with Crippen molar-refractivity contribution in [2.45, 2.75) is 50.6 Å². The third kappa shape index (κ3) is 3.95. The van der Waals surface area contributed by atoms with E-state index in [0.29, 0.717) is 11.3 Å². The van der Waals surface area contributed by atoms with E-state index in [0.717, 1.165) is 12.6 Å². The summed E-state index contributed by atoms with van der Waals surface area (Å²) in [6.07, 6.45) is 10.8. The second-order valence-corrected chi connectivity index (χ2v) is 9.10. The minimum absolute atomic E-state index is 0.524. The third-order valence-corrected chi connectivity index (χ3v) is 7.08. The Balaban J connectivity index is 1.28. The molecule has 1 aromatic carbocycles. The van der Waals surface area contributed by atoms with Crippen LogP contribution < -0.4 is 0 Å². The first-order valence-corrected chi connectivity index (χ1v) is 10.7. The van der Waals surface area contributed by atoms with Gasteiger partial charge in [0.2, 0.25) is 0 Å². The summed E-state index contributed by atoms with van der Waals surface area (Å²) in [6, 6.07) is 16.5. The molecule has 27 heavy (non-hydrogen) atoms. The lowest BCUT2D eigenvalue weighted by molar-refractivity contribution is 0.00830. The van der Waals surface area contributed by atoms with Gasteiger partial charge in [-0.25, -0.2) is 0 Å². The van der Waals surface area contributed by atoms with E-state index >= 15 is 0 Å². The molecule has 0 radical (unpaired) electrons. The van der Waals surface area contributed by atoms with Crippen molar-refractivity contribution in [3.05, 3.63) is 66.0 Å². The number of hydrogen-bond donors (Lipinski definition) is 0. The average molecular weight is 362 g/mol. The van der Waals surface area contributed by atoms with Crippen LogP contribution in [0.25, 0.3) is 0 Å². The third-order valence-electron chi connectivity index (χ3n) is 7.08. The quantitative estimate of drug-likeness (QED) is 0.809. The maximum absolute atomic E-state index is 4.15. The van der Waals surface area contributed by atoms with Gasteiger partial charge < -0.3 is 0 Å². The Bertz CT molecular complexity index is 733. The van der Waals surface area contributed by atoms with Crippen LogP contribution in [-0.2, 0) is 6.54 Å². The van der Waals surface area contributed by atoms with Crippen LogP contribution in [-0.4, -0.2) is 47.0 Å². The number of piperidine rings is 2. The zero-order chi connectivity index (χ0) is 18.1. The molecule has 1 saturated carbocycles. The Morgan fingerprint density at radius 1 is 0.963 bits per heavy atom. The summed E-state index contributed by atoms with van der Waals surface area (Å²) < 4.78 is 0. The first kappa shape index (κ1) is 17.4. The van der Waals surface area contributed by atoms with Crippen LogP contribution in [0.1, 0.15) is 49.1 Å². The molecule has 1 aromatic heterocycles. The second-order valence-electron chi connectivity index (χ2n) is 9.10. The van der Waals surface area contributed by atoms with Crippen LogP contribution in [0.2, 0.25) is 0 Å². The number of aromatic nitrogens is 1. The molecule has 1 atom stereocenters. The van der Waals surface area contributed by atoms with E-state index in [9.17, 15) is 0 Å². The van der Waals surface area contributed by atoms with Crippen molar-refractivity contribution in [1.29, 1.82) is 0 Å². The van der Waals surface area contributed by atoms with Crippen LogP contribution in [0, 0.1) is 5.41 Å². The van der Waals surface area contributed by atoms with Crippen molar-refractivity contribution in [2.75, 3.05) is 26.2 Å². The first-order valence-electron chi connectivity index (χ1n) is 10.7. The number of benzene rings is 1. The summed E-state index contributed by atoms with van der Waals surface area (Å²) in [6.45, 7) is 6.17. The summed E-state index contributed by atoms with van der Waals surface area (Å²) in [5.74, 6) is 0.715.